The highest BCUT2D eigenvalue weighted by atomic mass is 32.2. The van der Waals surface area contributed by atoms with Gasteiger partial charge in [-0.2, -0.15) is 13.2 Å². The lowest BCUT2D eigenvalue weighted by Crippen LogP contribution is -2.30. The summed E-state index contributed by atoms with van der Waals surface area (Å²) in [4.78, 5) is 15.0. The molecule has 0 aliphatic carbocycles. The Bertz CT molecular complexity index is 327. The van der Waals surface area contributed by atoms with Gasteiger partial charge >= 0.3 is 6.18 Å². The molecule has 16 heavy (non-hydrogen) atoms. The van der Waals surface area contributed by atoms with Crippen molar-refractivity contribution >= 4 is 29.0 Å². The molecule has 90 valence electrons. The molecule has 1 aromatic heterocycles. The standard InChI is InChI=1S/C8H8F3NO2S2/c9-8(10,11)5-14-12-6(13)4-16-7-2-1-3-15-7/h1-3H,4-5H2,(H,12,13). The van der Waals surface area contributed by atoms with Gasteiger partial charge < -0.3 is 0 Å². The second-order valence-corrected chi connectivity index (χ2v) is 4.87. The van der Waals surface area contributed by atoms with Gasteiger partial charge in [0.05, 0.1) is 9.96 Å². The van der Waals surface area contributed by atoms with Crippen LogP contribution in [0.2, 0.25) is 0 Å². The number of thiophene rings is 1. The first kappa shape index (κ1) is 13.3. The number of carbonyl (C=O) groups is 1. The van der Waals surface area contributed by atoms with Crippen molar-refractivity contribution in [2.75, 3.05) is 12.4 Å². The Morgan fingerprint density at radius 1 is 1.56 bits per heavy atom. The largest absolute Gasteiger partial charge is 0.414 e. The predicted molar refractivity (Wildman–Crippen MR) is 55.2 cm³/mol. The third-order valence-electron chi connectivity index (χ3n) is 1.26. The predicted octanol–water partition coefficient (Wildman–Crippen LogP) is 2.45. The van der Waals surface area contributed by atoms with Crippen LogP contribution in [0, 0.1) is 0 Å². The van der Waals surface area contributed by atoms with Crippen molar-refractivity contribution in [3.63, 3.8) is 0 Å². The Morgan fingerprint density at radius 3 is 2.88 bits per heavy atom. The average Bonchev–Trinajstić information content (AvgIpc) is 2.65. The number of alkyl halides is 3. The molecule has 0 atom stereocenters. The Labute approximate surface area is 97.9 Å². The van der Waals surface area contributed by atoms with Crippen LogP contribution >= 0.6 is 23.1 Å². The molecule has 0 aromatic carbocycles. The molecule has 1 rings (SSSR count). The number of hydrogen-bond donors (Lipinski definition) is 1. The lowest BCUT2D eigenvalue weighted by molar-refractivity contribution is -0.191. The van der Waals surface area contributed by atoms with E-state index in [0.717, 1.165) is 4.21 Å². The molecule has 0 unspecified atom stereocenters. The zero-order valence-electron chi connectivity index (χ0n) is 7.91. The highest BCUT2D eigenvalue weighted by Crippen LogP contribution is 2.22. The summed E-state index contributed by atoms with van der Waals surface area (Å²) >= 11 is 2.69. The van der Waals surface area contributed by atoms with Crippen molar-refractivity contribution in [3.8, 4) is 0 Å². The van der Waals surface area contributed by atoms with Crippen molar-refractivity contribution < 1.29 is 22.8 Å². The zero-order valence-corrected chi connectivity index (χ0v) is 9.55. The molecular weight excluding hydrogens is 263 g/mol. The molecule has 1 N–H and O–H groups in total. The van der Waals surface area contributed by atoms with Gasteiger partial charge in [0.15, 0.2) is 6.61 Å². The molecule has 0 fully saturated rings. The van der Waals surface area contributed by atoms with Crippen LogP contribution in [0.5, 0.6) is 0 Å². The molecule has 8 heteroatoms. The second-order valence-electron chi connectivity index (χ2n) is 2.65. The van der Waals surface area contributed by atoms with Gasteiger partial charge in [-0.1, -0.05) is 6.07 Å². The summed E-state index contributed by atoms with van der Waals surface area (Å²) in [5, 5.41) is 1.85. The number of carbonyl (C=O) groups excluding carboxylic acids is 1. The maximum absolute atomic E-state index is 11.6. The summed E-state index contributed by atoms with van der Waals surface area (Å²) in [5.74, 6) is -0.569. The summed E-state index contributed by atoms with van der Waals surface area (Å²) in [6.45, 7) is -1.48. The first-order valence-corrected chi connectivity index (χ1v) is 5.97. The van der Waals surface area contributed by atoms with E-state index in [1.165, 1.54) is 23.1 Å². The highest BCUT2D eigenvalue weighted by Gasteiger charge is 2.28. The monoisotopic (exact) mass is 271 g/mol. The third-order valence-corrected chi connectivity index (χ3v) is 3.39. The van der Waals surface area contributed by atoms with Crippen LogP contribution in [0.4, 0.5) is 13.2 Å². The van der Waals surface area contributed by atoms with E-state index in [1.807, 2.05) is 17.5 Å². The molecule has 1 aromatic rings. The number of thioether (sulfide) groups is 1. The zero-order chi connectivity index (χ0) is 12.0. The van der Waals surface area contributed by atoms with Crippen LogP contribution in [0.3, 0.4) is 0 Å². The first-order valence-electron chi connectivity index (χ1n) is 4.11. The van der Waals surface area contributed by atoms with Gasteiger partial charge in [-0.3, -0.25) is 9.63 Å². The molecule has 1 heterocycles. The minimum Gasteiger partial charge on any atom is -0.272 e. The summed E-state index contributed by atoms with van der Waals surface area (Å²) in [7, 11) is 0. The number of rotatable bonds is 5. The van der Waals surface area contributed by atoms with Crippen LogP contribution in [0.25, 0.3) is 0 Å². The molecular formula is C8H8F3NO2S2. The molecule has 1 amide bonds. The van der Waals surface area contributed by atoms with Gasteiger partial charge in [-0.25, -0.2) is 5.48 Å². The SMILES string of the molecule is O=C(CSc1cccs1)NOCC(F)(F)F. The van der Waals surface area contributed by atoms with Crippen LogP contribution in [-0.2, 0) is 9.63 Å². The molecule has 0 aliphatic rings. The van der Waals surface area contributed by atoms with Crippen molar-refractivity contribution in [1.29, 1.82) is 0 Å². The van der Waals surface area contributed by atoms with Crippen molar-refractivity contribution in [2.24, 2.45) is 0 Å². The van der Waals surface area contributed by atoms with E-state index in [4.69, 9.17) is 0 Å². The van der Waals surface area contributed by atoms with Gasteiger partial charge in [-0.15, -0.1) is 23.1 Å². The van der Waals surface area contributed by atoms with E-state index < -0.39 is 18.7 Å². The van der Waals surface area contributed by atoms with Gasteiger partial charge in [0.25, 0.3) is 5.91 Å². The summed E-state index contributed by atoms with van der Waals surface area (Å²) < 4.78 is 35.8. The van der Waals surface area contributed by atoms with Gasteiger partial charge in [0, 0.05) is 0 Å². The summed E-state index contributed by atoms with van der Waals surface area (Å²) in [6, 6.07) is 3.64. The third kappa shape index (κ3) is 5.99. The highest BCUT2D eigenvalue weighted by molar-refractivity contribution is 8.01. The molecule has 0 aliphatic heterocycles. The Hall–Kier alpha value is -0.730. The van der Waals surface area contributed by atoms with E-state index in [1.54, 1.807) is 5.48 Å². The van der Waals surface area contributed by atoms with Gasteiger partial charge in [0.1, 0.15) is 0 Å². The summed E-state index contributed by atoms with van der Waals surface area (Å²) in [6.07, 6.45) is -4.44. The molecule has 0 bridgehead atoms. The molecule has 0 radical (unpaired) electrons. The first-order chi connectivity index (χ1) is 7.47. The minimum atomic E-state index is -4.44. The van der Waals surface area contributed by atoms with Crippen LogP contribution < -0.4 is 5.48 Å². The normalized spacial score (nSPS) is 11.4. The Balaban J connectivity index is 2.12. The molecule has 0 saturated carbocycles. The molecule has 0 spiro atoms. The number of nitrogens with one attached hydrogen (secondary N) is 1. The van der Waals surface area contributed by atoms with Gasteiger partial charge in [0.2, 0.25) is 0 Å². The topological polar surface area (TPSA) is 38.3 Å². The fourth-order valence-electron chi connectivity index (χ4n) is 0.710. The quantitative estimate of drug-likeness (QED) is 0.660. The minimum absolute atomic E-state index is 0.0262. The maximum atomic E-state index is 11.6. The van der Waals surface area contributed by atoms with Crippen LogP contribution in [0.1, 0.15) is 0 Å². The lowest BCUT2D eigenvalue weighted by atomic mass is 10.7. The van der Waals surface area contributed by atoms with Crippen molar-refractivity contribution in [2.45, 2.75) is 10.4 Å². The average molecular weight is 271 g/mol. The number of amides is 1. The molecule has 0 saturated heterocycles. The maximum Gasteiger partial charge on any atom is 0.414 e. The Morgan fingerprint density at radius 2 is 2.31 bits per heavy atom. The van der Waals surface area contributed by atoms with Crippen LogP contribution in [-0.4, -0.2) is 24.4 Å². The van der Waals surface area contributed by atoms with Crippen molar-refractivity contribution in [1.82, 2.24) is 5.48 Å². The Kier molecular flexibility index (Phi) is 5.10. The van der Waals surface area contributed by atoms with Crippen molar-refractivity contribution in [3.05, 3.63) is 17.5 Å². The fourth-order valence-corrected chi connectivity index (χ4v) is 2.28. The number of hydroxylamine groups is 1. The van der Waals surface area contributed by atoms with Crippen LogP contribution in [0.15, 0.2) is 21.7 Å². The molecule has 3 nitrogen and oxygen atoms in total. The van der Waals surface area contributed by atoms with E-state index >= 15 is 0 Å². The fraction of sp³-hybridized carbons (Fsp3) is 0.375. The number of hydrogen-bond acceptors (Lipinski definition) is 4. The summed E-state index contributed by atoms with van der Waals surface area (Å²) in [5.41, 5.74) is 1.73. The smallest absolute Gasteiger partial charge is 0.272 e. The van der Waals surface area contributed by atoms with E-state index in [9.17, 15) is 18.0 Å². The van der Waals surface area contributed by atoms with E-state index in [2.05, 4.69) is 4.84 Å². The van der Waals surface area contributed by atoms with Gasteiger partial charge in [-0.05, 0) is 11.4 Å². The second kappa shape index (κ2) is 6.12. The number of halogens is 3. The van der Waals surface area contributed by atoms with E-state index in [0.29, 0.717) is 0 Å². The van der Waals surface area contributed by atoms with E-state index in [-0.39, 0.29) is 5.75 Å². The lowest BCUT2D eigenvalue weighted by Gasteiger charge is -2.07.